The van der Waals surface area contributed by atoms with E-state index in [1.807, 2.05) is 0 Å². The van der Waals surface area contributed by atoms with Crippen LogP contribution in [0.3, 0.4) is 0 Å². The maximum Gasteiger partial charge on any atom is 0.339 e. The standard InChI is InChI=1S/C34H33F2NO8S/c1-34(2,3)45-33(41)28-26(19-38)29(35)31(30(36)27(28)20-39)37(18-22-11-6-4-7-12-22)46(42,43)25-16-10-15-24(17-25)32(40)44-21-23-13-8-5-9-14-23/h4-17,38-39H,18-21H2,1-3H3. The summed E-state index contributed by atoms with van der Waals surface area (Å²) in [5, 5.41) is 20.3. The van der Waals surface area contributed by atoms with Gasteiger partial charge in [0.1, 0.15) is 17.9 Å². The van der Waals surface area contributed by atoms with E-state index >= 15 is 8.78 Å². The molecule has 0 radical (unpaired) electrons. The molecule has 0 atom stereocenters. The molecule has 46 heavy (non-hydrogen) atoms. The summed E-state index contributed by atoms with van der Waals surface area (Å²) in [4.78, 5) is 25.4. The van der Waals surface area contributed by atoms with Crippen LogP contribution in [0, 0.1) is 11.6 Å². The van der Waals surface area contributed by atoms with Crippen molar-refractivity contribution in [3.8, 4) is 0 Å². The first-order valence-electron chi connectivity index (χ1n) is 14.1. The van der Waals surface area contributed by atoms with E-state index in [-0.39, 0.29) is 12.2 Å². The minimum absolute atomic E-state index is 0.0783. The van der Waals surface area contributed by atoms with Crippen molar-refractivity contribution in [2.45, 2.75) is 57.6 Å². The molecule has 0 aliphatic rings. The number of hydrogen-bond donors (Lipinski definition) is 2. The van der Waals surface area contributed by atoms with E-state index < -0.39 is 86.2 Å². The highest BCUT2D eigenvalue weighted by Crippen LogP contribution is 2.38. The number of ether oxygens (including phenoxy) is 2. The van der Waals surface area contributed by atoms with Gasteiger partial charge < -0.3 is 19.7 Å². The van der Waals surface area contributed by atoms with Crippen molar-refractivity contribution < 1.29 is 46.5 Å². The maximum absolute atomic E-state index is 16.3. The summed E-state index contributed by atoms with van der Waals surface area (Å²) in [6.45, 7) is 1.58. The summed E-state index contributed by atoms with van der Waals surface area (Å²) in [5.41, 5.74) is -3.62. The number of aliphatic hydroxyl groups is 2. The zero-order chi connectivity index (χ0) is 33.6. The molecule has 12 heteroatoms. The molecule has 0 spiro atoms. The number of halogens is 2. The van der Waals surface area contributed by atoms with E-state index in [2.05, 4.69) is 0 Å². The van der Waals surface area contributed by atoms with E-state index in [0.29, 0.717) is 15.4 Å². The zero-order valence-electron chi connectivity index (χ0n) is 25.4. The summed E-state index contributed by atoms with van der Waals surface area (Å²) >= 11 is 0. The number of hydrogen-bond acceptors (Lipinski definition) is 8. The highest BCUT2D eigenvalue weighted by molar-refractivity contribution is 7.92. The lowest BCUT2D eigenvalue weighted by atomic mass is 9.98. The molecule has 4 aromatic rings. The Morgan fingerprint density at radius 1 is 0.783 bits per heavy atom. The van der Waals surface area contributed by atoms with Crippen LogP contribution in [-0.4, -0.2) is 36.2 Å². The molecule has 0 unspecified atom stereocenters. The molecule has 0 heterocycles. The lowest BCUT2D eigenvalue weighted by Gasteiger charge is -2.28. The Labute approximate surface area is 265 Å². The van der Waals surface area contributed by atoms with Crippen LogP contribution in [0.15, 0.2) is 89.8 Å². The molecule has 242 valence electrons. The number of benzene rings is 4. The molecule has 2 N–H and O–H groups in total. The van der Waals surface area contributed by atoms with Gasteiger partial charge in [0.2, 0.25) is 0 Å². The van der Waals surface area contributed by atoms with Gasteiger partial charge in [0.05, 0.1) is 35.8 Å². The smallest absolute Gasteiger partial charge is 0.339 e. The maximum atomic E-state index is 16.3. The number of esters is 2. The van der Waals surface area contributed by atoms with Gasteiger partial charge in [0.15, 0.2) is 11.6 Å². The zero-order valence-corrected chi connectivity index (χ0v) is 26.2. The number of anilines is 1. The highest BCUT2D eigenvalue weighted by Gasteiger charge is 2.37. The molecule has 0 amide bonds. The second-order valence-corrected chi connectivity index (χ2v) is 13.1. The molecule has 9 nitrogen and oxygen atoms in total. The van der Waals surface area contributed by atoms with Gasteiger partial charge >= 0.3 is 11.9 Å². The third kappa shape index (κ3) is 7.58. The molecule has 0 aromatic heterocycles. The summed E-state index contributed by atoms with van der Waals surface area (Å²) in [5.74, 6) is -5.14. The van der Waals surface area contributed by atoms with Crippen molar-refractivity contribution in [2.24, 2.45) is 0 Å². The summed E-state index contributed by atoms with van der Waals surface area (Å²) < 4.78 is 72.1. The van der Waals surface area contributed by atoms with Gasteiger partial charge in [-0.2, -0.15) is 0 Å². The van der Waals surface area contributed by atoms with Gasteiger partial charge in [-0.25, -0.2) is 26.8 Å². The van der Waals surface area contributed by atoms with Crippen LogP contribution in [0.2, 0.25) is 0 Å². The number of carbonyl (C=O) groups excluding carboxylic acids is 2. The number of carbonyl (C=O) groups is 2. The van der Waals surface area contributed by atoms with Crippen molar-refractivity contribution in [3.05, 3.63) is 130 Å². The highest BCUT2D eigenvalue weighted by atomic mass is 32.2. The largest absolute Gasteiger partial charge is 0.457 e. The third-order valence-corrected chi connectivity index (χ3v) is 8.50. The van der Waals surface area contributed by atoms with Gasteiger partial charge in [0, 0.05) is 11.1 Å². The molecule has 0 aliphatic carbocycles. The van der Waals surface area contributed by atoms with E-state index in [9.17, 15) is 28.2 Å². The number of nitrogens with zero attached hydrogens (tertiary/aromatic N) is 1. The van der Waals surface area contributed by atoms with Gasteiger partial charge in [-0.3, -0.25) is 4.31 Å². The first kappa shape index (κ1) is 34.2. The predicted octanol–water partition coefficient (Wildman–Crippen LogP) is 5.66. The van der Waals surface area contributed by atoms with E-state index in [4.69, 9.17) is 9.47 Å². The predicted molar refractivity (Wildman–Crippen MR) is 165 cm³/mol. The molecular formula is C34H33F2NO8S. The van der Waals surface area contributed by atoms with E-state index in [0.717, 1.165) is 12.1 Å². The van der Waals surface area contributed by atoms with Crippen LogP contribution in [0.25, 0.3) is 0 Å². The van der Waals surface area contributed by atoms with E-state index in [1.54, 1.807) is 48.5 Å². The molecule has 0 aliphatic heterocycles. The Kier molecular flexibility index (Phi) is 10.6. The van der Waals surface area contributed by atoms with Crippen LogP contribution < -0.4 is 4.31 Å². The molecule has 4 aromatic carbocycles. The van der Waals surface area contributed by atoms with Crippen LogP contribution in [0.1, 0.15) is 63.7 Å². The van der Waals surface area contributed by atoms with E-state index in [1.165, 1.54) is 45.0 Å². The second kappa shape index (κ2) is 14.2. The average molecular weight is 654 g/mol. The first-order chi connectivity index (χ1) is 21.8. The van der Waals surface area contributed by atoms with Gasteiger partial charge in [-0.1, -0.05) is 66.7 Å². The van der Waals surface area contributed by atoms with Crippen molar-refractivity contribution in [3.63, 3.8) is 0 Å². The van der Waals surface area contributed by atoms with Crippen LogP contribution in [-0.2, 0) is 45.9 Å². The first-order valence-corrected chi connectivity index (χ1v) is 15.6. The fourth-order valence-corrected chi connectivity index (χ4v) is 6.13. The Bertz CT molecular complexity index is 1790. The van der Waals surface area contributed by atoms with Crippen LogP contribution in [0.4, 0.5) is 14.5 Å². The quantitative estimate of drug-likeness (QED) is 0.199. The van der Waals surface area contributed by atoms with Gasteiger partial charge in [0.25, 0.3) is 10.0 Å². The minimum atomic E-state index is -4.87. The lowest BCUT2D eigenvalue weighted by molar-refractivity contribution is 0.00615. The fraction of sp³-hybridized carbons (Fsp3) is 0.235. The third-order valence-electron chi connectivity index (χ3n) is 6.76. The second-order valence-electron chi connectivity index (χ2n) is 11.2. The van der Waals surface area contributed by atoms with Crippen molar-refractivity contribution in [1.29, 1.82) is 0 Å². The SMILES string of the molecule is CC(C)(C)OC(=O)c1c(CO)c(F)c(N(Cc2ccccc2)S(=O)(=O)c2cccc(C(=O)OCc3ccccc3)c2)c(F)c1CO. The van der Waals surface area contributed by atoms with Gasteiger partial charge in [-0.15, -0.1) is 0 Å². The Balaban J connectivity index is 1.86. The molecule has 0 bridgehead atoms. The molecule has 0 fully saturated rings. The Hall–Kier alpha value is -4.65. The fourth-order valence-electron chi connectivity index (χ4n) is 4.63. The van der Waals surface area contributed by atoms with Crippen molar-refractivity contribution in [2.75, 3.05) is 4.31 Å². The normalized spacial score (nSPS) is 11.6. The number of aliphatic hydroxyl groups excluding tert-OH is 2. The topological polar surface area (TPSA) is 130 Å². The molecular weight excluding hydrogens is 620 g/mol. The van der Waals surface area contributed by atoms with Crippen molar-refractivity contribution in [1.82, 2.24) is 0 Å². The average Bonchev–Trinajstić information content (AvgIpc) is 3.03. The molecule has 0 saturated carbocycles. The lowest BCUT2D eigenvalue weighted by Crippen LogP contribution is -2.34. The Morgan fingerprint density at radius 2 is 1.33 bits per heavy atom. The molecule has 4 rings (SSSR count). The molecule has 0 saturated heterocycles. The summed E-state index contributed by atoms with van der Waals surface area (Å²) in [6.07, 6.45) is 0. The summed E-state index contributed by atoms with van der Waals surface area (Å²) in [7, 11) is -4.87. The number of sulfonamides is 1. The van der Waals surface area contributed by atoms with Crippen molar-refractivity contribution >= 4 is 27.6 Å². The summed E-state index contributed by atoms with van der Waals surface area (Å²) in [6, 6.07) is 21.5. The Morgan fingerprint density at radius 3 is 1.85 bits per heavy atom. The monoisotopic (exact) mass is 653 g/mol. The van der Waals surface area contributed by atoms with Crippen LogP contribution >= 0.6 is 0 Å². The minimum Gasteiger partial charge on any atom is -0.457 e. The van der Waals surface area contributed by atoms with Crippen LogP contribution in [0.5, 0.6) is 0 Å². The van der Waals surface area contributed by atoms with Gasteiger partial charge in [-0.05, 0) is 50.1 Å². The number of rotatable bonds is 11.